The lowest BCUT2D eigenvalue weighted by Gasteiger charge is -2.43. The molecule has 6 atom stereocenters. The van der Waals surface area contributed by atoms with Crippen molar-refractivity contribution < 1.29 is 48.4 Å². The topological polar surface area (TPSA) is 158 Å². The minimum atomic E-state index is -1.26. The molecule has 11 heteroatoms. The van der Waals surface area contributed by atoms with Gasteiger partial charge in [0.25, 0.3) is 0 Å². The van der Waals surface area contributed by atoms with E-state index in [0.717, 1.165) is 0 Å². The van der Waals surface area contributed by atoms with Gasteiger partial charge in [0, 0.05) is 30.6 Å². The summed E-state index contributed by atoms with van der Waals surface area (Å²) in [6.07, 6.45) is 1.06. The van der Waals surface area contributed by atoms with E-state index < -0.39 is 30.5 Å². The number of aliphatic carboxylic acids is 1. The zero-order valence-corrected chi connectivity index (χ0v) is 23.0. The Hall–Kier alpha value is -2.63. The van der Waals surface area contributed by atoms with E-state index in [1.165, 1.54) is 0 Å². The van der Waals surface area contributed by atoms with Gasteiger partial charge < -0.3 is 29.3 Å². The van der Waals surface area contributed by atoms with Crippen molar-refractivity contribution in [2.24, 2.45) is 34.7 Å². The molecule has 2 N–H and O–H groups in total. The largest absolute Gasteiger partial charge is 0.481 e. The van der Waals surface area contributed by atoms with E-state index in [2.05, 4.69) is 5.16 Å². The van der Waals surface area contributed by atoms with Crippen LogP contribution >= 0.6 is 0 Å². The second kappa shape index (κ2) is 14.7. The molecule has 218 valence electrons. The number of carbonyl (C=O) groups excluding carboxylic acids is 3. The van der Waals surface area contributed by atoms with Crippen molar-refractivity contribution in [1.29, 1.82) is 0 Å². The van der Waals surface area contributed by atoms with Gasteiger partial charge in [0.2, 0.25) is 0 Å². The van der Waals surface area contributed by atoms with Gasteiger partial charge in [0.15, 0.2) is 5.78 Å². The molecule has 0 aromatic carbocycles. The second-order valence-corrected chi connectivity index (χ2v) is 10.9. The standard InChI is InChI=1S/C28H41NO10/c1-4-16(2)28(35)39-25-8-7-23(29-38-14-18-12-36-15-37-13-18)22-11-24(32)17(3)21(27(22)25)6-5-19(30)9-20(31)10-26(33)34/h11,16-18,20-21,25,27,31H,4-10,12-15H2,1-3H3,(H,33,34). The van der Waals surface area contributed by atoms with Crippen LogP contribution in [0.2, 0.25) is 0 Å². The van der Waals surface area contributed by atoms with Crippen molar-refractivity contribution in [3.8, 4) is 0 Å². The number of carboxylic acids is 1. The number of carboxylic acid groups (broad SMARTS) is 1. The Morgan fingerprint density at radius 3 is 2.59 bits per heavy atom. The first kappa shape index (κ1) is 30.9. The first-order chi connectivity index (χ1) is 18.6. The SMILES string of the molecule is CCC(C)C(=O)OC1CCC(=NOCC2COCOC2)C2=CC(=O)C(C)C(CCC(=O)CC(O)CC(=O)O)C21. The van der Waals surface area contributed by atoms with Crippen molar-refractivity contribution in [3.05, 3.63) is 11.6 Å². The van der Waals surface area contributed by atoms with E-state index in [1.807, 2.05) is 20.8 Å². The Labute approximate surface area is 228 Å². The molecule has 3 rings (SSSR count). The third-order valence-electron chi connectivity index (χ3n) is 7.88. The molecule has 3 aliphatic rings. The van der Waals surface area contributed by atoms with Crippen LogP contribution in [0.15, 0.2) is 16.8 Å². The molecule has 0 aromatic rings. The van der Waals surface area contributed by atoms with Gasteiger partial charge in [-0.3, -0.25) is 19.2 Å². The number of Topliss-reactive ketones (excluding diaryl/α,β-unsaturated/α-hetero) is 1. The summed E-state index contributed by atoms with van der Waals surface area (Å²) < 4.78 is 16.6. The number of allylic oxidation sites excluding steroid dienone is 1. The Bertz CT molecular complexity index is 954. The van der Waals surface area contributed by atoms with Gasteiger partial charge in [-0.15, -0.1) is 0 Å². The molecule has 2 fully saturated rings. The number of nitrogens with zero attached hydrogens (tertiary/aromatic N) is 1. The van der Waals surface area contributed by atoms with E-state index in [4.69, 9.17) is 24.2 Å². The van der Waals surface area contributed by atoms with Crippen LogP contribution < -0.4 is 0 Å². The third-order valence-corrected chi connectivity index (χ3v) is 7.88. The van der Waals surface area contributed by atoms with Crippen LogP contribution in [0.3, 0.4) is 0 Å². The van der Waals surface area contributed by atoms with Crippen molar-refractivity contribution in [2.45, 2.75) is 77.9 Å². The summed E-state index contributed by atoms with van der Waals surface area (Å²) in [5.41, 5.74) is 1.30. The molecule has 0 amide bonds. The lowest BCUT2D eigenvalue weighted by atomic mass is 9.63. The van der Waals surface area contributed by atoms with E-state index in [9.17, 15) is 24.3 Å². The summed E-state index contributed by atoms with van der Waals surface area (Å²) in [6, 6.07) is 0. The van der Waals surface area contributed by atoms with Crippen molar-refractivity contribution >= 4 is 29.2 Å². The average Bonchev–Trinajstić information content (AvgIpc) is 2.89. The van der Waals surface area contributed by atoms with Crippen LogP contribution in [-0.2, 0) is 38.2 Å². The number of oxime groups is 1. The Morgan fingerprint density at radius 2 is 1.92 bits per heavy atom. The van der Waals surface area contributed by atoms with Gasteiger partial charge in [0.05, 0.1) is 37.4 Å². The number of ether oxygens (including phenoxy) is 3. The zero-order chi connectivity index (χ0) is 28.5. The van der Waals surface area contributed by atoms with Crippen molar-refractivity contribution in [3.63, 3.8) is 0 Å². The highest BCUT2D eigenvalue weighted by Crippen LogP contribution is 2.44. The van der Waals surface area contributed by atoms with Crippen LogP contribution in [0.1, 0.15) is 65.7 Å². The summed E-state index contributed by atoms with van der Waals surface area (Å²) >= 11 is 0. The fourth-order valence-electron chi connectivity index (χ4n) is 5.40. The Kier molecular flexibility index (Phi) is 11.6. The predicted molar refractivity (Wildman–Crippen MR) is 139 cm³/mol. The summed E-state index contributed by atoms with van der Waals surface area (Å²) in [5, 5.41) is 23.1. The normalized spacial score (nSPS) is 28.3. The van der Waals surface area contributed by atoms with Crippen LogP contribution in [0.4, 0.5) is 0 Å². The summed E-state index contributed by atoms with van der Waals surface area (Å²) in [6.45, 7) is 7.12. The van der Waals surface area contributed by atoms with Gasteiger partial charge in [-0.1, -0.05) is 25.9 Å². The van der Waals surface area contributed by atoms with Gasteiger partial charge >= 0.3 is 11.9 Å². The number of carbonyl (C=O) groups is 4. The zero-order valence-electron chi connectivity index (χ0n) is 23.0. The molecule has 0 radical (unpaired) electrons. The Morgan fingerprint density at radius 1 is 1.21 bits per heavy atom. The van der Waals surface area contributed by atoms with Gasteiger partial charge in [-0.2, -0.15) is 0 Å². The molecular weight excluding hydrogens is 510 g/mol. The van der Waals surface area contributed by atoms with Crippen LogP contribution in [0.25, 0.3) is 0 Å². The smallest absolute Gasteiger partial charge is 0.308 e. The Balaban J connectivity index is 1.79. The van der Waals surface area contributed by atoms with Crippen molar-refractivity contribution in [2.75, 3.05) is 26.6 Å². The number of rotatable bonds is 13. The summed E-state index contributed by atoms with van der Waals surface area (Å²) in [7, 11) is 0. The number of aliphatic hydroxyl groups is 1. The van der Waals surface area contributed by atoms with Crippen LogP contribution in [0, 0.1) is 29.6 Å². The average molecular weight is 552 g/mol. The second-order valence-electron chi connectivity index (χ2n) is 10.9. The van der Waals surface area contributed by atoms with Gasteiger partial charge in [-0.25, -0.2) is 0 Å². The summed E-state index contributed by atoms with van der Waals surface area (Å²) in [4.78, 5) is 54.8. The molecule has 39 heavy (non-hydrogen) atoms. The fourth-order valence-corrected chi connectivity index (χ4v) is 5.40. The predicted octanol–water partition coefficient (Wildman–Crippen LogP) is 2.68. The first-order valence-electron chi connectivity index (χ1n) is 13.8. The van der Waals surface area contributed by atoms with E-state index >= 15 is 0 Å². The quantitative estimate of drug-likeness (QED) is 0.257. The molecule has 1 heterocycles. The van der Waals surface area contributed by atoms with E-state index in [0.29, 0.717) is 56.8 Å². The molecule has 0 aromatic heterocycles. The maximum atomic E-state index is 13.1. The highest BCUT2D eigenvalue weighted by molar-refractivity contribution is 6.08. The molecule has 0 bridgehead atoms. The van der Waals surface area contributed by atoms with Crippen LogP contribution in [0.5, 0.6) is 0 Å². The molecule has 2 aliphatic carbocycles. The molecule has 1 aliphatic heterocycles. The van der Waals surface area contributed by atoms with Crippen molar-refractivity contribution in [1.82, 2.24) is 0 Å². The number of fused-ring (bicyclic) bond motifs is 1. The maximum Gasteiger partial charge on any atom is 0.308 e. The first-order valence-corrected chi connectivity index (χ1v) is 13.8. The lowest BCUT2D eigenvalue weighted by Crippen LogP contribution is -2.46. The summed E-state index contributed by atoms with van der Waals surface area (Å²) in [5.74, 6) is -3.15. The highest BCUT2D eigenvalue weighted by atomic mass is 16.7. The number of hydrogen-bond donors (Lipinski definition) is 2. The molecule has 0 spiro atoms. The molecule has 6 unspecified atom stereocenters. The number of aliphatic hydroxyl groups excluding tert-OH is 1. The third kappa shape index (κ3) is 8.68. The van der Waals surface area contributed by atoms with Gasteiger partial charge in [0.1, 0.15) is 25.3 Å². The monoisotopic (exact) mass is 551 g/mol. The fraction of sp³-hybridized carbons (Fsp3) is 0.750. The molecule has 1 saturated carbocycles. The minimum Gasteiger partial charge on any atom is -0.481 e. The van der Waals surface area contributed by atoms with Gasteiger partial charge in [-0.05, 0) is 43.3 Å². The van der Waals surface area contributed by atoms with Crippen LogP contribution in [-0.4, -0.2) is 78.3 Å². The highest BCUT2D eigenvalue weighted by Gasteiger charge is 2.46. The number of hydrogen-bond acceptors (Lipinski definition) is 10. The maximum absolute atomic E-state index is 13.1. The molecular formula is C28H41NO10. The molecule has 11 nitrogen and oxygen atoms in total. The van der Waals surface area contributed by atoms with E-state index in [-0.39, 0.29) is 60.8 Å². The minimum absolute atomic E-state index is 0.0453. The number of ketones is 2. The molecule has 1 saturated heterocycles. The van der Waals surface area contributed by atoms with E-state index in [1.54, 1.807) is 6.08 Å². The lowest BCUT2D eigenvalue weighted by molar-refractivity contribution is -0.158. The number of esters is 1.